The first-order valence-corrected chi connectivity index (χ1v) is 8.61. The van der Waals surface area contributed by atoms with Gasteiger partial charge in [-0.25, -0.2) is 4.98 Å². The van der Waals surface area contributed by atoms with Crippen LogP contribution in [0.5, 0.6) is 11.5 Å². The van der Waals surface area contributed by atoms with Crippen molar-refractivity contribution in [3.05, 3.63) is 53.9 Å². The van der Waals surface area contributed by atoms with Crippen LogP contribution in [0.4, 0.5) is 0 Å². The minimum atomic E-state index is 0.0240. The lowest BCUT2D eigenvalue weighted by Gasteiger charge is -2.09. The predicted molar refractivity (Wildman–Crippen MR) is 101 cm³/mol. The first kappa shape index (κ1) is 17.8. The normalized spacial score (nSPS) is 10.7. The Bertz CT molecular complexity index is 856. The highest BCUT2D eigenvalue weighted by atomic mass is 16.5. The summed E-state index contributed by atoms with van der Waals surface area (Å²) in [5.74, 6) is 2.27. The van der Waals surface area contributed by atoms with Gasteiger partial charge < -0.3 is 19.8 Å². The van der Waals surface area contributed by atoms with Crippen LogP contribution in [-0.4, -0.2) is 36.6 Å². The highest BCUT2D eigenvalue weighted by Crippen LogP contribution is 2.27. The van der Waals surface area contributed by atoms with Crippen molar-refractivity contribution in [3.8, 4) is 11.5 Å². The van der Waals surface area contributed by atoms with Crippen molar-refractivity contribution in [3.63, 3.8) is 0 Å². The van der Waals surface area contributed by atoms with Crippen molar-refractivity contribution in [1.82, 2.24) is 15.3 Å². The summed E-state index contributed by atoms with van der Waals surface area (Å²) in [4.78, 5) is 19.8. The van der Waals surface area contributed by atoms with Gasteiger partial charge in [0.2, 0.25) is 5.91 Å². The van der Waals surface area contributed by atoms with E-state index in [4.69, 9.17) is 9.47 Å². The lowest BCUT2D eigenvalue weighted by Crippen LogP contribution is -2.26. The van der Waals surface area contributed by atoms with Gasteiger partial charge >= 0.3 is 0 Å². The number of hydrogen-bond donors (Lipinski definition) is 2. The number of carbonyl (C=O) groups is 1. The fraction of sp³-hybridized carbons (Fsp3) is 0.300. The first-order valence-electron chi connectivity index (χ1n) is 8.61. The zero-order valence-electron chi connectivity index (χ0n) is 15.0. The average molecular weight is 353 g/mol. The molecule has 6 nitrogen and oxygen atoms in total. The number of fused-ring (bicyclic) bond motifs is 1. The van der Waals surface area contributed by atoms with E-state index >= 15 is 0 Å². The number of amides is 1. The molecule has 0 atom stereocenters. The zero-order chi connectivity index (χ0) is 18.4. The minimum absolute atomic E-state index is 0.0240. The van der Waals surface area contributed by atoms with Gasteiger partial charge in [0.25, 0.3) is 0 Å². The van der Waals surface area contributed by atoms with Gasteiger partial charge in [-0.05, 0) is 36.2 Å². The maximum Gasteiger partial charge on any atom is 0.220 e. The number of rotatable bonds is 8. The molecule has 0 bridgehead atoms. The Labute approximate surface area is 152 Å². The number of aryl methyl sites for hydroxylation is 1. The summed E-state index contributed by atoms with van der Waals surface area (Å²) in [5, 5.41) is 2.94. The number of aromatic amines is 1. The Morgan fingerprint density at radius 1 is 1.08 bits per heavy atom. The maximum atomic E-state index is 12.1. The smallest absolute Gasteiger partial charge is 0.220 e. The molecule has 0 radical (unpaired) electrons. The third-order valence-electron chi connectivity index (χ3n) is 4.21. The van der Waals surface area contributed by atoms with Crippen LogP contribution in [0.15, 0.2) is 42.5 Å². The first-order chi connectivity index (χ1) is 12.7. The van der Waals surface area contributed by atoms with Crippen LogP contribution in [0.2, 0.25) is 0 Å². The number of hydrogen-bond acceptors (Lipinski definition) is 4. The van der Waals surface area contributed by atoms with E-state index in [2.05, 4.69) is 15.3 Å². The van der Waals surface area contributed by atoms with Crippen molar-refractivity contribution in [2.24, 2.45) is 0 Å². The molecule has 0 unspecified atom stereocenters. The summed E-state index contributed by atoms with van der Waals surface area (Å²) in [7, 11) is 3.21. The Kier molecular flexibility index (Phi) is 5.73. The molecule has 0 saturated carbocycles. The Balaban J connectivity index is 1.45. The number of carbonyl (C=O) groups excluding carboxylic acids is 1. The van der Waals surface area contributed by atoms with Crippen molar-refractivity contribution >= 4 is 16.9 Å². The second kappa shape index (κ2) is 8.38. The molecule has 6 heteroatoms. The van der Waals surface area contributed by atoms with Crippen molar-refractivity contribution < 1.29 is 14.3 Å². The molecule has 0 spiro atoms. The number of H-pyrrole nitrogens is 1. The minimum Gasteiger partial charge on any atom is -0.493 e. The molecule has 1 amide bonds. The van der Waals surface area contributed by atoms with E-state index in [1.54, 1.807) is 14.2 Å². The fourth-order valence-electron chi connectivity index (χ4n) is 2.83. The number of nitrogens with zero attached hydrogens (tertiary/aromatic N) is 1. The number of para-hydroxylation sites is 2. The summed E-state index contributed by atoms with van der Waals surface area (Å²) in [6, 6.07) is 13.6. The van der Waals surface area contributed by atoms with Crippen molar-refractivity contribution in [1.29, 1.82) is 0 Å². The maximum absolute atomic E-state index is 12.1. The van der Waals surface area contributed by atoms with Crippen LogP contribution in [0.1, 0.15) is 17.8 Å². The van der Waals surface area contributed by atoms with E-state index in [-0.39, 0.29) is 5.91 Å². The Morgan fingerprint density at radius 3 is 2.65 bits per heavy atom. The van der Waals surface area contributed by atoms with Gasteiger partial charge in [0.15, 0.2) is 11.5 Å². The molecule has 0 saturated heterocycles. The standard InChI is InChI=1S/C20H23N3O3/c1-25-17-9-7-14(13-18(17)26-2)8-10-20(24)21-12-11-19-22-15-5-3-4-6-16(15)23-19/h3-7,9,13H,8,10-12H2,1-2H3,(H,21,24)(H,22,23). The molecule has 0 aliphatic rings. The summed E-state index contributed by atoms with van der Waals surface area (Å²) in [5.41, 5.74) is 3.00. The van der Waals surface area contributed by atoms with Crippen LogP contribution in [0.25, 0.3) is 11.0 Å². The molecule has 0 fully saturated rings. The largest absolute Gasteiger partial charge is 0.493 e. The van der Waals surface area contributed by atoms with E-state index in [0.29, 0.717) is 37.3 Å². The number of ether oxygens (including phenoxy) is 2. The molecule has 1 heterocycles. The molecular weight excluding hydrogens is 330 g/mol. The van der Waals surface area contributed by atoms with Crippen LogP contribution in [-0.2, 0) is 17.6 Å². The zero-order valence-corrected chi connectivity index (χ0v) is 15.0. The quantitative estimate of drug-likeness (QED) is 0.653. The molecule has 26 heavy (non-hydrogen) atoms. The summed E-state index contributed by atoms with van der Waals surface area (Å²) in [6.07, 6.45) is 1.75. The van der Waals surface area contributed by atoms with Crippen molar-refractivity contribution in [2.45, 2.75) is 19.3 Å². The number of benzene rings is 2. The van der Waals surface area contributed by atoms with Crippen LogP contribution >= 0.6 is 0 Å². The predicted octanol–water partition coefficient (Wildman–Crippen LogP) is 2.87. The second-order valence-electron chi connectivity index (χ2n) is 5.99. The summed E-state index contributed by atoms with van der Waals surface area (Å²) >= 11 is 0. The highest BCUT2D eigenvalue weighted by molar-refractivity contribution is 5.76. The molecule has 1 aromatic heterocycles. The molecule has 2 N–H and O–H groups in total. The third-order valence-corrected chi connectivity index (χ3v) is 4.21. The van der Waals surface area contributed by atoms with E-state index in [0.717, 1.165) is 22.4 Å². The number of methoxy groups -OCH3 is 2. The Morgan fingerprint density at radius 2 is 1.88 bits per heavy atom. The molecule has 2 aromatic carbocycles. The van der Waals surface area contributed by atoms with Gasteiger partial charge in [0.1, 0.15) is 5.82 Å². The summed E-state index contributed by atoms with van der Waals surface area (Å²) < 4.78 is 10.5. The van der Waals surface area contributed by atoms with Gasteiger partial charge in [-0.2, -0.15) is 0 Å². The molecule has 3 rings (SSSR count). The average Bonchev–Trinajstić information content (AvgIpc) is 3.08. The Hall–Kier alpha value is -3.02. The topological polar surface area (TPSA) is 76.2 Å². The fourth-order valence-corrected chi connectivity index (χ4v) is 2.83. The van der Waals surface area contributed by atoms with E-state index in [1.165, 1.54) is 0 Å². The molecule has 0 aliphatic carbocycles. The second-order valence-corrected chi connectivity index (χ2v) is 5.99. The third kappa shape index (κ3) is 4.33. The van der Waals surface area contributed by atoms with Crippen LogP contribution in [0, 0.1) is 0 Å². The summed E-state index contributed by atoms with van der Waals surface area (Å²) in [6.45, 7) is 0.560. The monoisotopic (exact) mass is 353 g/mol. The van der Waals surface area contributed by atoms with Crippen molar-refractivity contribution in [2.75, 3.05) is 20.8 Å². The SMILES string of the molecule is COc1ccc(CCC(=O)NCCc2nc3ccccc3[nH]2)cc1OC. The van der Waals surface area contributed by atoms with Gasteiger partial charge in [0.05, 0.1) is 25.3 Å². The number of aromatic nitrogens is 2. The molecular formula is C20H23N3O3. The van der Waals surface area contributed by atoms with Crippen LogP contribution in [0.3, 0.4) is 0 Å². The van der Waals surface area contributed by atoms with Crippen LogP contribution < -0.4 is 14.8 Å². The molecule has 3 aromatic rings. The lowest BCUT2D eigenvalue weighted by molar-refractivity contribution is -0.121. The van der Waals surface area contributed by atoms with E-state index < -0.39 is 0 Å². The number of nitrogens with one attached hydrogen (secondary N) is 2. The number of imidazole rings is 1. The van der Waals surface area contributed by atoms with Gasteiger partial charge in [-0.3, -0.25) is 4.79 Å². The van der Waals surface area contributed by atoms with Gasteiger partial charge in [-0.1, -0.05) is 18.2 Å². The van der Waals surface area contributed by atoms with Gasteiger partial charge in [0, 0.05) is 19.4 Å². The van der Waals surface area contributed by atoms with E-state index in [9.17, 15) is 4.79 Å². The lowest BCUT2D eigenvalue weighted by atomic mass is 10.1. The van der Waals surface area contributed by atoms with Gasteiger partial charge in [-0.15, -0.1) is 0 Å². The van der Waals surface area contributed by atoms with E-state index in [1.807, 2.05) is 42.5 Å². The highest BCUT2D eigenvalue weighted by Gasteiger charge is 2.07. The molecule has 0 aliphatic heterocycles. The molecule has 136 valence electrons.